The van der Waals surface area contributed by atoms with Gasteiger partial charge in [0, 0.05) is 17.7 Å². The van der Waals surface area contributed by atoms with Crippen molar-refractivity contribution < 1.29 is 9.85 Å². The Labute approximate surface area is 149 Å². The molecule has 0 atom stereocenters. The highest BCUT2D eigenvalue weighted by molar-refractivity contribution is 5.76. The summed E-state index contributed by atoms with van der Waals surface area (Å²) in [4.78, 5) is 20.7. The van der Waals surface area contributed by atoms with Crippen LogP contribution in [0.15, 0.2) is 53.6 Å². The molecule has 1 aliphatic carbocycles. The second kappa shape index (κ2) is 7.30. The highest BCUT2D eigenvalue weighted by Crippen LogP contribution is 2.39. The first-order valence-electron chi connectivity index (χ1n) is 8.30. The van der Waals surface area contributed by atoms with Crippen LogP contribution in [0.25, 0.3) is 0 Å². The van der Waals surface area contributed by atoms with E-state index >= 15 is 0 Å². The van der Waals surface area contributed by atoms with Gasteiger partial charge in [0.15, 0.2) is 0 Å². The largest absolute Gasteiger partial charge is 0.301 e. The molecule has 0 aliphatic heterocycles. The number of rotatable bonds is 6. The molecule has 0 bridgehead atoms. The van der Waals surface area contributed by atoms with Gasteiger partial charge in [-0.25, -0.2) is 0 Å². The zero-order valence-corrected chi connectivity index (χ0v) is 14.0. The number of hydrogen-bond donors (Lipinski definition) is 1. The zero-order chi connectivity index (χ0) is 18.6. The van der Waals surface area contributed by atoms with Crippen molar-refractivity contribution in [3.63, 3.8) is 0 Å². The number of nitro groups is 2. The molecule has 26 heavy (non-hydrogen) atoms. The van der Waals surface area contributed by atoms with E-state index in [0.717, 1.165) is 31.7 Å². The number of hydrogen-bond acceptors (Lipinski definition) is 6. The van der Waals surface area contributed by atoms with Crippen LogP contribution in [0.4, 0.5) is 17.1 Å². The molecule has 3 rings (SSSR count). The first-order valence-corrected chi connectivity index (χ1v) is 8.30. The van der Waals surface area contributed by atoms with E-state index in [2.05, 4.69) is 22.7 Å². The molecule has 134 valence electrons. The fourth-order valence-electron chi connectivity index (χ4n) is 3.37. The molecule has 1 N–H and O–H groups in total. The van der Waals surface area contributed by atoms with E-state index in [4.69, 9.17) is 0 Å². The fourth-order valence-corrected chi connectivity index (χ4v) is 3.37. The van der Waals surface area contributed by atoms with Gasteiger partial charge in [-0.2, -0.15) is 5.10 Å². The lowest BCUT2D eigenvalue weighted by atomic mass is 9.80. The summed E-state index contributed by atoms with van der Waals surface area (Å²) in [5.41, 5.74) is 3.08. The van der Waals surface area contributed by atoms with Crippen molar-refractivity contribution in [2.24, 2.45) is 5.10 Å². The number of benzene rings is 2. The average molecular weight is 354 g/mol. The molecule has 8 heteroatoms. The first-order chi connectivity index (χ1) is 12.5. The van der Waals surface area contributed by atoms with Gasteiger partial charge in [-0.15, -0.1) is 0 Å². The van der Waals surface area contributed by atoms with Crippen LogP contribution in [0.5, 0.6) is 0 Å². The fraction of sp³-hybridized carbons (Fsp3) is 0.278. The maximum absolute atomic E-state index is 11.2. The third-order valence-corrected chi connectivity index (χ3v) is 4.73. The summed E-state index contributed by atoms with van der Waals surface area (Å²) in [6.07, 6.45) is 5.92. The topological polar surface area (TPSA) is 111 Å². The van der Waals surface area contributed by atoms with Crippen molar-refractivity contribution in [1.29, 1.82) is 0 Å². The van der Waals surface area contributed by atoms with Crippen molar-refractivity contribution in [3.05, 3.63) is 74.3 Å². The van der Waals surface area contributed by atoms with E-state index in [1.807, 2.05) is 18.2 Å². The number of nitrogens with one attached hydrogen (secondary N) is 1. The lowest BCUT2D eigenvalue weighted by Crippen LogP contribution is -2.24. The lowest BCUT2D eigenvalue weighted by Gasteiger charge is -2.24. The van der Waals surface area contributed by atoms with Gasteiger partial charge in [0.05, 0.1) is 15.9 Å². The van der Waals surface area contributed by atoms with Gasteiger partial charge in [-0.1, -0.05) is 43.2 Å². The molecule has 0 spiro atoms. The molecule has 8 nitrogen and oxygen atoms in total. The summed E-state index contributed by atoms with van der Waals surface area (Å²) in [6, 6.07) is 13.5. The Balaban J connectivity index is 1.85. The SMILES string of the molecule is O=[N+]([O-])c1ccc(N/N=C\C2(c3ccccc3)CCCC2)c([N+](=O)[O-])c1. The number of hydrazone groups is 1. The molecule has 1 fully saturated rings. The van der Waals surface area contributed by atoms with Gasteiger partial charge >= 0.3 is 5.69 Å². The third-order valence-electron chi connectivity index (χ3n) is 4.73. The number of nitrogens with zero attached hydrogens (tertiary/aromatic N) is 3. The predicted octanol–water partition coefficient (Wildman–Crippen LogP) is 4.41. The highest BCUT2D eigenvalue weighted by atomic mass is 16.6. The maximum Gasteiger partial charge on any atom is 0.301 e. The second-order valence-electron chi connectivity index (χ2n) is 6.31. The molecule has 0 radical (unpaired) electrons. The van der Waals surface area contributed by atoms with E-state index in [1.165, 1.54) is 17.7 Å². The molecule has 0 aromatic heterocycles. The molecule has 0 amide bonds. The third kappa shape index (κ3) is 3.53. The molecule has 1 saturated carbocycles. The molecule has 1 aliphatic rings. The summed E-state index contributed by atoms with van der Waals surface area (Å²) in [5.74, 6) is 0. The van der Waals surface area contributed by atoms with E-state index in [1.54, 1.807) is 6.21 Å². The first kappa shape index (κ1) is 17.5. The van der Waals surface area contributed by atoms with Crippen LogP contribution in [0.1, 0.15) is 31.2 Å². The van der Waals surface area contributed by atoms with Crippen LogP contribution < -0.4 is 5.43 Å². The van der Waals surface area contributed by atoms with Gasteiger partial charge in [0.1, 0.15) is 5.69 Å². The van der Waals surface area contributed by atoms with Gasteiger partial charge in [-0.05, 0) is 24.5 Å². The summed E-state index contributed by atoms with van der Waals surface area (Å²) >= 11 is 0. The number of anilines is 1. The quantitative estimate of drug-likeness (QED) is 0.469. The maximum atomic E-state index is 11.2. The molecule has 2 aromatic carbocycles. The molecule has 0 unspecified atom stereocenters. The molecule has 0 heterocycles. The Bertz CT molecular complexity index is 846. The average Bonchev–Trinajstić information content (AvgIpc) is 3.12. The Morgan fingerprint density at radius 3 is 2.31 bits per heavy atom. The van der Waals surface area contributed by atoms with Crippen molar-refractivity contribution in [3.8, 4) is 0 Å². The van der Waals surface area contributed by atoms with E-state index in [0.29, 0.717) is 0 Å². The van der Waals surface area contributed by atoms with E-state index in [-0.39, 0.29) is 22.5 Å². The Morgan fingerprint density at radius 2 is 1.69 bits per heavy atom. The monoisotopic (exact) mass is 354 g/mol. The van der Waals surface area contributed by atoms with Crippen LogP contribution >= 0.6 is 0 Å². The standard InChI is InChI=1S/C18H18N4O4/c23-21(24)15-8-9-16(17(12-15)22(25)26)20-19-13-18(10-4-5-11-18)14-6-2-1-3-7-14/h1-3,6-9,12-13,20H,4-5,10-11H2/b19-13-. The second-order valence-corrected chi connectivity index (χ2v) is 6.31. The minimum atomic E-state index is -0.664. The lowest BCUT2D eigenvalue weighted by molar-refractivity contribution is -0.393. The van der Waals surface area contributed by atoms with Crippen LogP contribution in [0, 0.1) is 20.2 Å². The van der Waals surface area contributed by atoms with E-state index < -0.39 is 9.85 Å². The van der Waals surface area contributed by atoms with Crippen LogP contribution in [-0.4, -0.2) is 16.1 Å². The highest BCUT2D eigenvalue weighted by Gasteiger charge is 2.34. The zero-order valence-electron chi connectivity index (χ0n) is 14.0. The van der Waals surface area contributed by atoms with Crippen molar-refractivity contribution in [2.75, 3.05) is 5.43 Å². The molecular formula is C18H18N4O4. The van der Waals surface area contributed by atoms with E-state index in [9.17, 15) is 20.2 Å². The summed E-state index contributed by atoms with van der Waals surface area (Å²) in [6.45, 7) is 0. The number of nitro benzene ring substituents is 2. The summed E-state index contributed by atoms with van der Waals surface area (Å²) in [5, 5.41) is 26.2. The van der Waals surface area contributed by atoms with Gasteiger partial charge < -0.3 is 0 Å². The van der Waals surface area contributed by atoms with Crippen molar-refractivity contribution in [2.45, 2.75) is 31.1 Å². The molecule has 2 aromatic rings. The van der Waals surface area contributed by atoms with Crippen LogP contribution in [-0.2, 0) is 5.41 Å². The van der Waals surface area contributed by atoms with Crippen molar-refractivity contribution in [1.82, 2.24) is 0 Å². The Hall–Kier alpha value is -3.29. The van der Waals surface area contributed by atoms with Crippen molar-refractivity contribution >= 4 is 23.3 Å². The molecular weight excluding hydrogens is 336 g/mol. The van der Waals surface area contributed by atoms with Gasteiger partial charge in [0.2, 0.25) is 0 Å². The van der Waals surface area contributed by atoms with Gasteiger partial charge in [0.25, 0.3) is 5.69 Å². The van der Waals surface area contributed by atoms with Crippen LogP contribution in [0.2, 0.25) is 0 Å². The summed E-state index contributed by atoms with van der Waals surface area (Å²) < 4.78 is 0. The summed E-state index contributed by atoms with van der Waals surface area (Å²) in [7, 11) is 0. The smallest absolute Gasteiger partial charge is 0.272 e. The predicted molar refractivity (Wildman–Crippen MR) is 98.5 cm³/mol. The van der Waals surface area contributed by atoms with Gasteiger partial charge in [-0.3, -0.25) is 25.7 Å². The molecule has 0 saturated heterocycles. The van der Waals surface area contributed by atoms with Crippen LogP contribution in [0.3, 0.4) is 0 Å². The minimum Gasteiger partial charge on any atom is -0.272 e. The normalized spacial score (nSPS) is 15.8. The Kier molecular flexibility index (Phi) is 4.92. The Morgan fingerprint density at radius 1 is 1.00 bits per heavy atom. The minimum absolute atomic E-state index is 0.123. The number of non-ortho nitro benzene ring substituents is 1.